The Bertz CT molecular complexity index is 946. The number of rotatable bonds is 4. The third-order valence-corrected chi connectivity index (χ3v) is 4.65. The average molecular weight is 386 g/mol. The van der Waals surface area contributed by atoms with Crippen molar-refractivity contribution in [2.45, 2.75) is 44.2 Å². The standard InChI is InChI=1S/C13H18N6O6S/c1-13(2)24-8-6(3-22-26(15,20)21)23-12(9(8)25-13)19-5-18-7-10(14)16-4-17-11(7)19/h4-6,8-9,12H,3H2,1-2H3,(H2,14,16,17)(H2,15,20,21)/t6-,8+,9+,12-/m1/s1. The van der Waals surface area contributed by atoms with Gasteiger partial charge in [-0.25, -0.2) is 20.1 Å². The third-order valence-electron chi connectivity index (χ3n) is 4.18. The minimum absolute atomic E-state index is 0.237. The van der Waals surface area contributed by atoms with Gasteiger partial charge in [0, 0.05) is 0 Å². The number of nitrogens with two attached hydrogens (primary N) is 2. The van der Waals surface area contributed by atoms with E-state index in [0.29, 0.717) is 11.2 Å². The fraction of sp³-hybridized carbons (Fsp3) is 0.615. The molecule has 4 heterocycles. The molecule has 2 aliphatic heterocycles. The minimum atomic E-state index is -4.11. The van der Waals surface area contributed by atoms with Crippen LogP contribution in [0.1, 0.15) is 20.1 Å². The largest absolute Gasteiger partial charge is 0.382 e. The van der Waals surface area contributed by atoms with E-state index in [1.165, 1.54) is 12.7 Å². The maximum absolute atomic E-state index is 11.1. The second kappa shape index (κ2) is 5.80. The van der Waals surface area contributed by atoms with E-state index in [1.54, 1.807) is 18.4 Å². The van der Waals surface area contributed by atoms with Gasteiger partial charge in [0.2, 0.25) is 0 Å². The summed E-state index contributed by atoms with van der Waals surface area (Å²) in [5.41, 5.74) is 6.70. The molecule has 0 aromatic carbocycles. The van der Waals surface area contributed by atoms with E-state index in [9.17, 15) is 8.42 Å². The van der Waals surface area contributed by atoms with E-state index < -0.39 is 40.6 Å². The van der Waals surface area contributed by atoms with Gasteiger partial charge in [-0.3, -0.25) is 8.75 Å². The summed E-state index contributed by atoms with van der Waals surface area (Å²) >= 11 is 0. The van der Waals surface area contributed by atoms with Crippen LogP contribution in [0.2, 0.25) is 0 Å². The van der Waals surface area contributed by atoms with Gasteiger partial charge in [-0.1, -0.05) is 0 Å². The van der Waals surface area contributed by atoms with Crippen LogP contribution in [0.3, 0.4) is 0 Å². The van der Waals surface area contributed by atoms with Gasteiger partial charge in [0.1, 0.15) is 30.2 Å². The monoisotopic (exact) mass is 386 g/mol. The number of imidazole rings is 1. The summed E-state index contributed by atoms with van der Waals surface area (Å²) in [6.45, 7) is 3.21. The van der Waals surface area contributed by atoms with Crippen LogP contribution in [-0.2, 0) is 28.7 Å². The van der Waals surface area contributed by atoms with E-state index in [0.717, 1.165) is 0 Å². The van der Waals surface area contributed by atoms with Crippen molar-refractivity contribution in [2.24, 2.45) is 5.14 Å². The van der Waals surface area contributed by atoms with E-state index in [2.05, 4.69) is 19.1 Å². The molecule has 0 aliphatic carbocycles. The summed E-state index contributed by atoms with van der Waals surface area (Å²) in [7, 11) is -4.11. The Hall–Kier alpha value is -1.90. The number of nitrogens with zero attached hydrogens (tertiary/aromatic N) is 4. The van der Waals surface area contributed by atoms with Crippen LogP contribution >= 0.6 is 0 Å². The summed E-state index contributed by atoms with van der Waals surface area (Å²) in [5.74, 6) is -0.636. The predicted molar refractivity (Wildman–Crippen MR) is 86.5 cm³/mol. The molecule has 2 aliphatic rings. The molecule has 0 saturated carbocycles. The van der Waals surface area contributed by atoms with Crippen molar-refractivity contribution < 1.29 is 26.8 Å². The number of nitrogen functional groups attached to an aromatic ring is 1. The molecule has 2 fully saturated rings. The van der Waals surface area contributed by atoms with Gasteiger partial charge < -0.3 is 19.9 Å². The Labute approximate surface area is 148 Å². The van der Waals surface area contributed by atoms with Gasteiger partial charge in [0.05, 0.1) is 12.9 Å². The highest BCUT2D eigenvalue weighted by atomic mass is 32.2. The summed E-state index contributed by atoms with van der Waals surface area (Å²) in [6.07, 6.45) is 0.340. The van der Waals surface area contributed by atoms with E-state index in [-0.39, 0.29) is 12.4 Å². The first-order valence-electron chi connectivity index (χ1n) is 7.76. The molecule has 142 valence electrons. The normalized spacial score (nSPS) is 30.7. The fourth-order valence-electron chi connectivity index (χ4n) is 3.24. The zero-order valence-electron chi connectivity index (χ0n) is 14.0. The maximum Gasteiger partial charge on any atom is 0.333 e. The fourth-order valence-corrected chi connectivity index (χ4v) is 3.56. The maximum atomic E-state index is 11.1. The van der Waals surface area contributed by atoms with E-state index in [4.69, 9.17) is 25.1 Å². The van der Waals surface area contributed by atoms with Gasteiger partial charge in [-0.05, 0) is 13.8 Å². The Balaban J connectivity index is 1.68. The topological polar surface area (TPSA) is 167 Å². The smallest absolute Gasteiger partial charge is 0.333 e. The van der Waals surface area contributed by atoms with Crippen LogP contribution in [0.5, 0.6) is 0 Å². The first-order chi connectivity index (χ1) is 12.1. The zero-order chi connectivity index (χ0) is 18.7. The van der Waals surface area contributed by atoms with Crippen molar-refractivity contribution in [3.05, 3.63) is 12.7 Å². The molecular weight excluding hydrogens is 368 g/mol. The van der Waals surface area contributed by atoms with Crippen LogP contribution < -0.4 is 10.9 Å². The van der Waals surface area contributed by atoms with Crippen LogP contribution in [0.25, 0.3) is 11.2 Å². The first-order valence-corrected chi connectivity index (χ1v) is 9.23. The molecule has 2 aromatic heterocycles. The number of fused-ring (bicyclic) bond motifs is 2. The lowest BCUT2D eigenvalue weighted by Crippen LogP contribution is -2.34. The highest BCUT2D eigenvalue weighted by molar-refractivity contribution is 7.84. The molecule has 4 atom stereocenters. The van der Waals surface area contributed by atoms with E-state index in [1.807, 2.05) is 0 Å². The Morgan fingerprint density at radius 3 is 2.73 bits per heavy atom. The quantitative estimate of drug-likeness (QED) is 0.668. The minimum Gasteiger partial charge on any atom is -0.382 e. The average Bonchev–Trinajstić information content (AvgIpc) is 3.16. The highest BCUT2D eigenvalue weighted by Crippen LogP contribution is 2.43. The van der Waals surface area contributed by atoms with Gasteiger partial charge in [-0.15, -0.1) is 0 Å². The molecule has 12 nitrogen and oxygen atoms in total. The number of anilines is 1. The molecule has 4 N–H and O–H groups in total. The Morgan fingerprint density at radius 2 is 2.00 bits per heavy atom. The lowest BCUT2D eigenvalue weighted by Gasteiger charge is -2.24. The van der Waals surface area contributed by atoms with Crippen molar-refractivity contribution in [1.82, 2.24) is 19.5 Å². The highest BCUT2D eigenvalue weighted by Gasteiger charge is 2.56. The summed E-state index contributed by atoms with van der Waals surface area (Å²) < 4.78 is 46.3. The van der Waals surface area contributed by atoms with Gasteiger partial charge in [0.15, 0.2) is 23.5 Å². The molecule has 0 spiro atoms. The first kappa shape index (κ1) is 17.5. The van der Waals surface area contributed by atoms with Crippen molar-refractivity contribution in [1.29, 1.82) is 0 Å². The van der Waals surface area contributed by atoms with Crippen LogP contribution in [0, 0.1) is 0 Å². The second-order valence-corrected chi connectivity index (χ2v) is 7.71. The predicted octanol–water partition coefficient (Wildman–Crippen LogP) is -0.954. The van der Waals surface area contributed by atoms with Gasteiger partial charge >= 0.3 is 10.3 Å². The molecule has 0 bridgehead atoms. The lowest BCUT2D eigenvalue weighted by molar-refractivity contribution is -0.198. The molecule has 26 heavy (non-hydrogen) atoms. The molecule has 4 rings (SSSR count). The second-order valence-electron chi connectivity index (χ2n) is 6.49. The number of aromatic nitrogens is 4. The van der Waals surface area contributed by atoms with Crippen molar-refractivity contribution in [2.75, 3.05) is 12.3 Å². The number of hydrogen-bond donors (Lipinski definition) is 2. The Morgan fingerprint density at radius 1 is 1.27 bits per heavy atom. The summed E-state index contributed by atoms with van der Waals surface area (Å²) in [4.78, 5) is 12.3. The molecule has 0 amide bonds. The molecule has 2 saturated heterocycles. The van der Waals surface area contributed by atoms with Crippen LogP contribution in [0.4, 0.5) is 5.82 Å². The molecule has 13 heteroatoms. The third kappa shape index (κ3) is 3.02. The Kier molecular flexibility index (Phi) is 3.91. The van der Waals surface area contributed by atoms with Crippen molar-refractivity contribution >= 4 is 27.3 Å². The SMILES string of the molecule is CC1(C)O[C@@H]2[C@H](O1)[C@H](n1cnc3c(N)ncnc31)O[C@@H]2COS(N)(=O)=O. The molecule has 0 unspecified atom stereocenters. The molecular formula is C13H18N6O6S. The lowest BCUT2D eigenvalue weighted by atomic mass is 10.1. The van der Waals surface area contributed by atoms with Gasteiger partial charge in [-0.2, -0.15) is 8.42 Å². The van der Waals surface area contributed by atoms with Crippen LogP contribution in [-0.4, -0.2) is 58.6 Å². The van der Waals surface area contributed by atoms with Crippen molar-refractivity contribution in [3.8, 4) is 0 Å². The van der Waals surface area contributed by atoms with Crippen LogP contribution in [0.15, 0.2) is 12.7 Å². The van der Waals surface area contributed by atoms with Crippen molar-refractivity contribution in [3.63, 3.8) is 0 Å². The summed E-state index contributed by atoms with van der Waals surface area (Å²) in [5, 5.41) is 4.90. The number of hydrogen-bond acceptors (Lipinski definition) is 10. The zero-order valence-corrected chi connectivity index (χ0v) is 14.8. The number of ether oxygens (including phenoxy) is 3. The van der Waals surface area contributed by atoms with Gasteiger partial charge in [0.25, 0.3) is 0 Å². The summed E-state index contributed by atoms with van der Waals surface area (Å²) in [6, 6.07) is 0. The molecule has 2 aromatic rings. The molecule has 0 radical (unpaired) electrons. The van der Waals surface area contributed by atoms with E-state index >= 15 is 0 Å².